The first-order valence-corrected chi connectivity index (χ1v) is 12.0. The van der Waals surface area contributed by atoms with Crippen molar-refractivity contribution >= 4 is 21.4 Å². The Balaban J connectivity index is 1.31. The maximum Gasteiger partial charge on any atom is 0.273 e. The number of nitrogens with zero attached hydrogens (tertiary/aromatic N) is 3. The average Bonchev–Trinajstić information content (AvgIpc) is 3.23. The minimum atomic E-state index is -4.03. The number of likely N-dealkylation sites (tertiary alicyclic amines) is 1. The molecular formula is C19H23F2N3O3S2. The fraction of sp³-hybridized carbons (Fsp3) is 0.526. The van der Waals surface area contributed by atoms with E-state index in [2.05, 4.69) is 9.88 Å². The number of sulfonamides is 1. The van der Waals surface area contributed by atoms with Gasteiger partial charge in [-0.05, 0) is 43.9 Å². The predicted octanol–water partition coefficient (Wildman–Crippen LogP) is 3.12. The number of piperidine rings is 2. The maximum absolute atomic E-state index is 14.0. The van der Waals surface area contributed by atoms with Gasteiger partial charge in [0.2, 0.25) is 10.0 Å². The number of hydrogen-bond acceptors (Lipinski definition) is 6. The molecular weight excluding hydrogens is 420 g/mol. The van der Waals surface area contributed by atoms with Gasteiger partial charge in [-0.25, -0.2) is 22.2 Å². The zero-order chi connectivity index (χ0) is 20.4. The second kappa shape index (κ2) is 8.63. The Bertz CT molecular complexity index is 924. The van der Waals surface area contributed by atoms with Crippen molar-refractivity contribution in [1.29, 1.82) is 0 Å². The predicted molar refractivity (Wildman–Crippen MR) is 105 cm³/mol. The van der Waals surface area contributed by atoms with E-state index in [-0.39, 0.29) is 6.10 Å². The number of rotatable bonds is 5. The van der Waals surface area contributed by atoms with Gasteiger partial charge in [0.25, 0.3) is 5.19 Å². The van der Waals surface area contributed by atoms with Crippen molar-refractivity contribution in [3.05, 3.63) is 41.4 Å². The Labute approximate surface area is 173 Å². The first-order valence-electron chi connectivity index (χ1n) is 9.69. The summed E-state index contributed by atoms with van der Waals surface area (Å²) in [5.41, 5.74) is 0. The van der Waals surface area contributed by atoms with Gasteiger partial charge >= 0.3 is 0 Å². The normalized spacial score (nSPS) is 20.8. The highest BCUT2D eigenvalue weighted by atomic mass is 32.2. The topological polar surface area (TPSA) is 62.7 Å². The Kier molecular flexibility index (Phi) is 6.14. The lowest BCUT2D eigenvalue weighted by molar-refractivity contribution is 0.0584. The van der Waals surface area contributed by atoms with Gasteiger partial charge in [0.15, 0.2) is 0 Å². The van der Waals surface area contributed by atoms with Crippen molar-refractivity contribution < 1.29 is 21.9 Å². The molecule has 10 heteroatoms. The van der Waals surface area contributed by atoms with E-state index in [1.165, 1.54) is 15.6 Å². The zero-order valence-electron chi connectivity index (χ0n) is 15.8. The molecule has 2 aliphatic rings. The van der Waals surface area contributed by atoms with Crippen LogP contribution in [0.5, 0.6) is 5.19 Å². The van der Waals surface area contributed by atoms with E-state index >= 15 is 0 Å². The maximum atomic E-state index is 14.0. The monoisotopic (exact) mass is 443 g/mol. The zero-order valence-corrected chi connectivity index (χ0v) is 17.5. The van der Waals surface area contributed by atoms with E-state index in [1.807, 2.05) is 5.38 Å². The van der Waals surface area contributed by atoms with E-state index in [0.29, 0.717) is 37.2 Å². The van der Waals surface area contributed by atoms with Crippen molar-refractivity contribution in [2.45, 2.75) is 42.7 Å². The molecule has 1 aromatic heterocycles. The van der Waals surface area contributed by atoms with Crippen LogP contribution in [0.2, 0.25) is 0 Å². The molecule has 0 saturated carbocycles. The summed E-state index contributed by atoms with van der Waals surface area (Å²) in [6.07, 6.45) is 5.06. The summed E-state index contributed by atoms with van der Waals surface area (Å²) in [6, 6.07) is 2.82. The standard InChI is InChI=1S/C19H23F2N3O3S2/c20-14-1-2-17(21)18(13-14)29(25,26)24-10-3-15(4-11-24)23-8-5-16(6-9-23)27-19-22-7-12-28-19/h1-2,7,12-13,15-16H,3-6,8-11H2. The lowest BCUT2D eigenvalue weighted by Crippen LogP contribution is -2.50. The van der Waals surface area contributed by atoms with Crippen LogP contribution in [0, 0.1) is 11.6 Å². The fourth-order valence-electron chi connectivity index (χ4n) is 4.03. The molecule has 4 rings (SSSR count). The third-order valence-corrected chi connectivity index (χ3v) is 8.18. The molecule has 29 heavy (non-hydrogen) atoms. The van der Waals surface area contributed by atoms with Gasteiger partial charge in [-0.15, -0.1) is 0 Å². The summed E-state index contributed by atoms with van der Waals surface area (Å²) >= 11 is 1.49. The number of hydrogen-bond donors (Lipinski definition) is 0. The quantitative estimate of drug-likeness (QED) is 0.711. The van der Waals surface area contributed by atoms with E-state index in [9.17, 15) is 17.2 Å². The molecule has 0 unspecified atom stereocenters. The van der Waals surface area contributed by atoms with Crippen LogP contribution in [-0.2, 0) is 10.0 Å². The summed E-state index contributed by atoms with van der Waals surface area (Å²) in [7, 11) is -4.03. The first kappa shape index (κ1) is 20.6. The molecule has 0 aliphatic carbocycles. The van der Waals surface area contributed by atoms with Crippen LogP contribution in [0.1, 0.15) is 25.7 Å². The van der Waals surface area contributed by atoms with Gasteiger partial charge in [-0.3, -0.25) is 0 Å². The Hall–Kier alpha value is -1.62. The van der Waals surface area contributed by atoms with Gasteiger partial charge in [0.1, 0.15) is 22.6 Å². The Morgan fingerprint density at radius 1 is 1.07 bits per heavy atom. The van der Waals surface area contributed by atoms with E-state index in [1.54, 1.807) is 6.20 Å². The molecule has 3 heterocycles. The second-order valence-electron chi connectivity index (χ2n) is 7.36. The van der Waals surface area contributed by atoms with E-state index < -0.39 is 26.6 Å². The lowest BCUT2D eigenvalue weighted by Gasteiger charge is -2.41. The summed E-state index contributed by atoms with van der Waals surface area (Å²) in [6.45, 7) is 2.40. The minimum absolute atomic E-state index is 0.161. The second-order valence-corrected chi connectivity index (χ2v) is 10.1. The van der Waals surface area contributed by atoms with Gasteiger partial charge in [0, 0.05) is 43.8 Å². The number of aromatic nitrogens is 1. The summed E-state index contributed by atoms with van der Waals surface area (Å²) in [5, 5.41) is 2.59. The summed E-state index contributed by atoms with van der Waals surface area (Å²) in [4.78, 5) is 5.95. The van der Waals surface area contributed by atoms with Gasteiger partial charge in [-0.2, -0.15) is 4.31 Å². The molecule has 0 spiro atoms. The van der Waals surface area contributed by atoms with Crippen LogP contribution >= 0.6 is 11.3 Å². The third kappa shape index (κ3) is 4.60. The van der Waals surface area contributed by atoms with Crippen LogP contribution in [0.4, 0.5) is 8.78 Å². The number of benzene rings is 1. The van der Waals surface area contributed by atoms with Crippen molar-refractivity contribution in [3.8, 4) is 5.19 Å². The number of thiazole rings is 1. The van der Waals surface area contributed by atoms with Crippen LogP contribution < -0.4 is 4.74 Å². The van der Waals surface area contributed by atoms with E-state index in [4.69, 9.17) is 4.74 Å². The van der Waals surface area contributed by atoms with Gasteiger partial charge in [-0.1, -0.05) is 11.3 Å². The average molecular weight is 444 g/mol. The van der Waals surface area contributed by atoms with Crippen molar-refractivity contribution in [2.24, 2.45) is 0 Å². The molecule has 0 radical (unpaired) electrons. The van der Waals surface area contributed by atoms with Crippen LogP contribution in [0.3, 0.4) is 0 Å². The highest BCUT2D eigenvalue weighted by Crippen LogP contribution is 2.28. The van der Waals surface area contributed by atoms with Gasteiger partial charge < -0.3 is 9.64 Å². The van der Waals surface area contributed by atoms with Crippen molar-refractivity contribution in [1.82, 2.24) is 14.2 Å². The largest absolute Gasteiger partial charge is 0.467 e. The summed E-state index contributed by atoms with van der Waals surface area (Å²) < 4.78 is 60.0. The highest BCUT2D eigenvalue weighted by Gasteiger charge is 2.34. The molecule has 158 valence electrons. The molecule has 2 aliphatic heterocycles. The number of halogens is 2. The molecule has 6 nitrogen and oxygen atoms in total. The van der Waals surface area contributed by atoms with E-state index in [0.717, 1.165) is 44.1 Å². The first-order chi connectivity index (χ1) is 13.9. The summed E-state index contributed by atoms with van der Waals surface area (Å²) in [5.74, 6) is -1.68. The smallest absolute Gasteiger partial charge is 0.273 e. The van der Waals surface area contributed by atoms with Crippen molar-refractivity contribution in [2.75, 3.05) is 26.2 Å². The molecule has 0 N–H and O–H groups in total. The fourth-order valence-corrected chi connectivity index (χ4v) is 6.13. The van der Waals surface area contributed by atoms with Gasteiger partial charge in [0.05, 0.1) is 0 Å². The minimum Gasteiger partial charge on any atom is -0.467 e. The molecule has 0 amide bonds. The lowest BCUT2D eigenvalue weighted by atomic mass is 10.00. The Morgan fingerprint density at radius 3 is 2.45 bits per heavy atom. The molecule has 0 atom stereocenters. The molecule has 2 aromatic rings. The van der Waals surface area contributed by atoms with Crippen LogP contribution in [0.25, 0.3) is 0 Å². The molecule has 0 bridgehead atoms. The molecule has 2 saturated heterocycles. The Morgan fingerprint density at radius 2 is 1.79 bits per heavy atom. The van der Waals surface area contributed by atoms with Crippen LogP contribution in [-0.4, -0.2) is 60.9 Å². The highest BCUT2D eigenvalue weighted by molar-refractivity contribution is 7.89. The number of ether oxygens (including phenoxy) is 1. The molecule has 1 aromatic carbocycles. The molecule has 2 fully saturated rings. The third-order valence-electron chi connectivity index (χ3n) is 5.60. The van der Waals surface area contributed by atoms with Crippen molar-refractivity contribution in [3.63, 3.8) is 0 Å². The van der Waals surface area contributed by atoms with Crippen LogP contribution in [0.15, 0.2) is 34.7 Å². The SMILES string of the molecule is O=S(=O)(c1cc(F)ccc1F)N1CCC(N2CCC(Oc3nccs3)CC2)CC1.